The Morgan fingerprint density at radius 3 is 2.69 bits per heavy atom. The SMILES string of the molecule is COc1cc(F)c(-c2cc(Cn3cnc4c(N)ncnc43)c(N3CCCC(N)(C(=O)C(F)F)C3)cn2)cc1F. The number of nitrogen functional groups attached to an aromatic ring is 1. The second kappa shape index (κ2) is 10.1. The van der Waals surface area contributed by atoms with Crippen molar-refractivity contribution in [1.29, 1.82) is 0 Å². The van der Waals surface area contributed by atoms with Crippen LogP contribution in [0.5, 0.6) is 5.75 Å². The van der Waals surface area contributed by atoms with Gasteiger partial charge in [-0.05, 0) is 30.5 Å². The van der Waals surface area contributed by atoms with Gasteiger partial charge in [-0.3, -0.25) is 9.78 Å². The van der Waals surface area contributed by atoms with Crippen LogP contribution < -0.4 is 21.1 Å². The fourth-order valence-electron chi connectivity index (χ4n) is 4.84. The molecule has 1 aliphatic heterocycles. The Balaban J connectivity index is 1.60. The minimum Gasteiger partial charge on any atom is -0.494 e. The molecule has 10 nitrogen and oxygen atoms in total. The Labute approximate surface area is 219 Å². The molecule has 3 aromatic heterocycles. The smallest absolute Gasteiger partial charge is 0.297 e. The minimum absolute atomic E-state index is 0.103. The van der Waals surface area contributed by atoms with Crippen LogP contribution in [0.1, 0.15) is 18.4 Å². The number of ketones is 1. The van der Waals surface area contributed by atoms with Gasteiger partial charge in [-0.25, -0.2) is 32.5 Å². The number of Topliss-reactive ketones (excluding diaryl/α,β-unsaturated/α-hetero) is 1. The largest absolute Gasteiger partial charge is 0.494 e. The van der Waals surface area contributed by atoms with E-state index in [4.69, 9.17) is 16.2 Å². The zero-order valence-electron chi connectivity index (χ0n) is 20.7. The summed E-state index contributed by atoms with van der Waals surface area (Å²) in [5.74, 6) is -2.94. The van der Waals surface area contributed by atoms with Crippen LogP contribution in [-0.4, -0.2) is 62.4 Å². The summed E-state index contributed by atoms with van der Waals surface area (Å²) in [5, 5.41) is 0. The van der Waals surface area contributed by atoms with Crippen LogP contribution in [0.15, 0.2) is 37.1 Å². The first kappa shape index (κ1) is 26.3. The van der Waals surface area contributed by atoms with E-state index >= 15 is 0 Å². The molecule has 0 radical (unpaired) electrons. The number of carbonyl (C=O) groups excluding carboxylic acids is 1. The number of anilines is 2. The molecule has 5 rings (SSSR count). The molecular formula is C25H24F4N8O2. The molecule has 1 aromatic carbocycles. The lowest BCUT2D eigenvalue weighted by molar-refractivity contribution is -0.135. The zero-order valence-corrected chi connectivity index (χ0v) is 20.7. The molecule has 1 unspecified atom stereocenters. The number of rotatable bonds is 7. The normalized spacial score (nSPS) is 17.7. The van der Waals surface area contributed by atoms with Crippen molar-refractivity contribution in [1.82, 2.24) is 24.5 Å². The Bertz CT molecular complexity index is 1560. The maximum atomic E-state index is 14.9. The summed E-state index contributed by atoms with van der Waals surface area (Å²) in [7, 11) is 1.23. The molecule has 4 heterocycles. The van der Waals surface area contributed by atoms with Crippen molar-refractivity contribution >= 4 is 28.5 Å². The van der Waals surface area contributed by atoms with E-state index in [0.717, 1.165) is 12.1 Å². The number of halogens is 4. The lowest BCUT2D eigenvalue weighted by Crippen LogP contribution is -2.61. The molecule has 0 aliphatic carbocycles. The summed E-state index contributed by atoms with van der Waals surface area (Å²) in [5.41, 5.74) is 12.1. The van der Waals surface area contributed by atoms with Crippen LogP contribution in [0, 0.1) is 11.6 Å². The van der Waals surface area contributed by atoms with Gasteiger partial charge >= 0.3 is 0 Å². The summed E-state index contributed by atoms with van der Waals surface area (Å²) >= 11 is 0. The monoisotopic (exact) mass is 544 g/mol. The molecule has 14 heteroatoms. The van der Waals surface area contributed by atoms with Crippen molar-refractivity contribution in [3.8, 4) is 17.0 Å². The predicted molar refractivity (Wildman–Crippen MR) is 134 cm³/mol. The van der Waals surface area contributed by atoms with Crippen LogP contribution in [0.25, 0.3) is 22.4 Å². The fourth-order valence-corrected chi connectivity index (χ4v) is 4.84. The number of imidazole rings is 1. The van der Waals surface area contributed by atoms with Gasteiger partial charge in [-0.15, -0.1) is 0 Å². The Kier molecular flexibility index (Phi) is 6.80. The quantitative estimate of drug-likeness (QED) is 0.336. The Morgan fingerprint density at radius 2 is 1.95 bits per heavy atom. The summed E-state index contributed by atoms with van der Waals surface area (Å²) in [6.07, 6.45) is 1.49. The number of pyridine rings is 1. The van der Waals surface area contributed by atoms with E-state index in [1.165, 1.54) is 26.0 Å². The third-order valence-corrected chi connectivity index (χ3v) is 6.81. The van der Waals surface area contributed by atoms with Crippen LogP contribution in [0.4, 0.5) is 29.1 Å². The van der Waals surface area contributed by atoms with Crippen molar-refractivity contribution in [3.05, 3.63) is 54.2 Å². The number of nitrogens with zero attached hydrogens (tertiary/aromatic N) is 6. The number of piperidine rings is 1. The van der Waals surface area contributed by atoms with Gasteiger partial charge in [-0.1, -0.05) is 0 Å². The van der Waals surface area contributed by atoms with Crippen LogP contribution >= 0.6 is 0 Å². The number of alkyl halides is 2. The van der Waals surface area contributed by atoms with Crippen LogP contribution in [0.3, 0.4) is 0 Å². The first-order valence-electron chi connectivity index (χ1n) is 11.9. The molecule has 1 fully saturated rings. The molecule has 39 heavy (non-hydrogen) atoms. The van der Waals surface area contributed by atoms with E-state index in [9.17, 15) is 22.4 Å². The highest BCUT2D eigenvalue weighted by Gasteiger charge is 2.43. The third-order valence-electron chi connectivity index (χ3n) is 6.81. The summed E-state index contributed by atoms with van der Waals surface area (Å²) in [4.78, 5) is 30.7. The molecule has 4 N–H and O–H groups in total. The number of aromatic nitrogens is 5. The molecule has 1 atom stereocenters. The van der Waals surface area contributed by atoms with Gasteiger partial charge in [0.15, 0.2) is 23.0 Å². The fraction of sp³-hybridized carbons (Fsp3) is 0.320. The summed E-state index contributed by atoms with van der Waals surface area (Å²) in [6.45, 7) is 0.360. The van der Waals surface area contributed by atoms with Crippen molar-refractivity contribution in [3.63, 3.8) is 0 Å². The molecule has 0 spiro atoms. The Morgan fingerprint density at radius 1 is 1.15 bits per heavy atom. The van der Waals surface area contributed by atoms with Gasteiger partial charge in [0.1, 0.15) is 17.7 Å². The third kappa shape index (κ3) is 4.82. The number of fused-ring (bicyclic) bond motifs is 1. The number of nitrogens with two attached hydrogens (primary N) is 2. The standard InChI is InChI=1S/C25H24F4N8O2/c1-39-19-7-15(26)14(6-16(19)27)17-5-13(9-37-12-35-20-23(30)33-11-34-24(20)37)18(8-32-17)36-4-2-3-25(31,10-36)21(38)22(28)29/h5-8,11-12,22H,2-4,9-10,31H2,1H3,(H2,30,33,34). The highest BCUT2D eigenvalue weighted by atomic mass is 19.3. The van der Waals surface area contributed by atoms with E-state index in [1.54, 1.807) is 15.5 Å². The number of ether oxygens (including phenoxy) is 1. The molecule has 4 aromatic rings. The van der Waals surface area contributed by atoms with Gasteiger partial charge in [-0.2, -0.15) is 0 Å². The summed E-state index contributed by atoms with van der Waals surface area (Å²) < 4.78 is 62.5. The topological polar surface area (TPSA) is 138 Å². The molecule has 1 saturated heterocycles. The lowest BCUT2D eigenvalue weighted by Gasteiger charge is -2.40. The highest BCUT2D eigenvalue weighted by molar-refractivity contribution is 5.92. The second-order valence-corrected chi connectivity index (χ2v) is 9.31. The molecule has 0 bridgehead atoms. The molecule has 1 aliphatic rings. The van der Waals surface area contributed by atoms with Crippen molar-refractivity contribution < 1.29 is 27.1 Å². The van der Waals surface area contributed by atoms with E-state index in [2.05, 4.69) is 19.9 Å². The summed E-state index contributed by atoms with van der Waals surface area (Å²) in [6, 6.07) is 3.46. The first-order chi connectivity index (χ1) is 18.6. The van der Waals surface area contributed by atoms with Crippen molar-refractivity contribution in [2.75, 3.05) is 30.8 Å². The van der Waals surface area contributed by atoms with Gasteiger partial charge in [0.2, 0.25) is 5.78 Å². The predicted octanol–water partition coefficient (Wildman–Crippen LogP) is 2.94. The molecular weight excluding hydrogens is 520 g/mol. The number of benzene rings is 1. The van der Waals surface area contributed by atoms with E-state index < -0.39 is 29.4 Å². The number of hydrogen-bond acceptors (Lipinski definition) is 9. The van der Waals surface area contributed by atoms with E-state index in [0.29, 0.717) is 35.4 Å². The first-order valence-corrected chi connectivity index (χ1v) is 11.9. The number of hydrogen-bond donors (Lipinski definition) is 2. The maximum absolute atomic E-state index is 14.9. The molecule has 0 saturated carbocycles. The zero-order chi connectivity index (χ0) is 27.9. The van der Waals surface area contributed by atoms with Gasteiger partial charge in [0.05, 0.1) is 43.1 Å². The second-order valence-electron chi connectivity index (χ2n) is 9.31. The Hall–Kier alpha value is -4.33. The highest BCUT2D eigenvalue weighted by Crippen LogP contribution is 2.34. The van der Waals surface area contributed by atoms with Crippen molar-refractivity contribution in [2.45, 2.75) is 31.4 Å². The molecule has 204 valence electrons. The average Bonchev–Trinajstić information content (AvgIpc) is 3.33. The average molecular weight is 545 g/mol. The van der Waals surface area contributed by atoms with Gasteiger partial charge in [0, 0.05) is 24.7 Å². The van der Waals surface area contributed by atoms with Crippen molar-refractivity contribution in [2.24, 2.45) is 5.73 Å². The molecule has 0 amide bonds. The minimum atomic E-state index is -3.20. The van der Waals surface area contributed by atoms with Crippen LogP contribution in [-0.2, 0) is 11.3 Å². The van der Waals surface area contributed by atoms with E-state index in [-0.39, 0.29) is 42.3 Å². The maximum Gasteiger partial charge on any atom is 0.297 e. The van der Waals surface area contributed by atoms with Gasteiger partial charge < -0.3 is 25.7 Å². The van der Waals surface area contributed by atoms with Crippen LogP contribution in [0.2, 0.25) is 0 Å². The van der Waals surface area contributed by atoms with E-state index in [1.807, 2.05) is 0 Å². The van der Waals surface area contributed by atoms with Gasteiger partial charge in [0.25, 0.3) is 6.43 Å². The number of methoxy groups -OCH3 is 1. The number of carbonyl (C=O) groups is 1. The lowest BCUT2D eigenvalue weighted by atomic mass is 9.85.